The third-order valence-electron chi connectivity index (χ3n) is 5.51. The number of fused-ring (bicyclic) bond motifs is 1. The van der Waals surface area contributed by atoms with Gasteiger partial charge in [0.1, 0.15) is 22.6 Å². The number of nitrogens with one attached hydrogen (secondary N) is 1. The van der Waals surface area contributed by atoms with Crippen LogP contribution in [0.5, 0.6) is 5.75 Å². The van der Waals surface area contributed by atoms with Crippen molar-refractivity contribution in [1.29, 1.82) is 0 Å². The maximum Gasteiger partial charge on any atom is 0.238 e. The minimum atomic E-state index is -3.75. The number of nitrogens with zero attached hydrogens (tertiary/aromatic N) is 2. The van der Waals surface area contributed by atoms with Crippen molar-refractivity contribution in [1.82, 2.24) is 14.9 Å². The number of amides is 1. The molecule has 1 amide bonds. The maximum atomic E-state index is 13.0. The van der Waals surface area contributed by atoms with Crippen molar-refractivity contribution >= 4 is 15.7 Å². The molecule has 162 valence electrons. The Morgan fingerprint density at radius 2 is 1.94 bits per heavy atom. The van der Waals surface area contributed by atoms with E-state index in [0.29, 0.717) is 25.4 Å². The summed E-state index contributed by atoms with van der Waals surface area (Å²) >= 11 is 0. The van der Waals surface area contributed by atoms with Gasteiger partial charge in [-0.25, -0.2) is 13.4 Å². The van der Waals surface area contributed by atoms with Crippen molar-refractivity contribution in [2.24, 2.45) is 0 Å². The van der Waals surface area contributed by atoms with Crippen LogP contribution in [0.4, 0.5) is 0 Å². The summed E-state index contributed by atoms with van der Waals surface area (Å²) in [6.07, 6.45) is 3.93. The molecule has 8 heteroatoms. The van der Waals surface area contributed by atoms with Crippen LogP contribution >= 0.6 is 0 Å². The van der Waals surface area contributed by atoms with E-state index in [1.165, 1.54) is 6.92 Å². The van der Waals surface area contributed by atoms with Crippen LogP contribution in [0.2, 0.25) is 0 Å². The van der Waals surface area contributed by atoms with Gasteiger partial charge >= 0.3 is 0 Å². The number of rotatable bonds is 7. The molecule has 2 heterocycles. The molecule has 0 spiro atoms. The molecule has 0 saturated heterocycles. The van der Waals surface area contributed by atoms with Crippen molar-refractivity contribution in [3.8, 4) is 5.75 Å². The summed E-state index contributed by atoms with van der Waals surface area (Å²) in [6.45, 7) is 2.42. The molecule has 1 aliphatic heterocycles. The van der Waals surface area contributed by atoms with E-state index in [9.17, 15) is 13.2 Å². The Hall–Kier alpha value is -3.13. The smallest absolute Gasteiger partial charge is 0.238 e. The summed E-state index contributed by atoms with van der Waals surface area (Å²) in [4.78, 5) is 17.0. The molecular formula is C23H25N3O4S. The zero-order valence-corrected chi connectivity index (χ0v) is 18.1. The molecule has 4 rings (SSSR count). The van der Waals surface area contributed by atoms with Gasteiger partial charge in [0.05, 0.1) is 12.6 Å². The minimum absolute atomic E-state index is 0.268. The predicted molar refractivity (Wildman–Crippen MR) is 117 cm³/mol. The number of aromatic nitrogens is 2. The number of carbonyl (C=O) groups is 1. The van der Waals surface area contributed by atoms with Crippen LogP contribution in [0.25, 0.3) is 0 Å². The van der Waals surface area contributed by atoms with Gasteiger partial charge in [-0.05, 0) is 18.6 Å². The second kappa shape index (κ2) is 8.93. The second-order valence-corrected chi connectivity index (χ2v) is 9.96. The summed E-state index contributed by atoms with van der Waals surface area (Å²) in [6, 6.07) is 17.0. The molecule has 3 aromatic rings. The van der Waals surface area contributed by atoms with Gasteiger partial charge in [0.2, 0.25) is 5.91 Å². The Kier molecular flexibility index (Phi) is 6.08. The molecule has 31 heavy (non-hydrogen) atoms. The average molecular weight is 440 g/mol. The Labute approximate surface area is 182 Å². The lowest BCUT2D eigenvalue weighted by molar-refractivity contribution is -0.121. The molecular weight excluding hydrogens is 414 g/mol. The first-order chi connectivity index (χ1) is 14.9. The lowest BCUT2D eigenvalue weighted by atomic mass is 10.0. The third-order valence-corrected chi connectivity index (χ3v) is 7.46. The number of para-hydroxylation sites is 1. The molecule has 0 radical (unpaired) electrons. The van der Waals surface area contributed by atoms with Gasteiger partial charge in [0.25, 0.3) is 0 Å². The highest BCUT2D eigenvalue weighted by atomic mass is 32.2. The first-order valence-corrected chi connectivity index (χ1v) is 11.9. The number of carbonyl (C=O) groups excluding carboxylic acids is 1. The van der Waals surface area contributed by atoms with E-state index in [4.69, 9.17) is 4.74 Å². The largest absolute Gasteiger partial charge is 0.493 e. The standard InChI is InChI=1S/C23H25N3O4S/c1-17(23(27)25-20-11-14-30-21-10-6-5-9-19(20)21)31(28,29)16-22-24-12-13-26(22)15-18-7-3-2-4-8-18/h2-10,12-13,17,20H,11,14-16H2,1H3,(H,25,27). The minimum Gasteiger partial charge on any atom is -0.493 e. The lowest BCUT2D eigenvalue weighted by Crippen LogP contribution is -2.41. The van der Waals surface area contributed by atoms with E-state index in [1.807, 2.05) is 54.6 Å². The summed E-state index contributed by atoms with van der Waals surface area (Å²) < 4.78 is 33.4. The van der Waals surface area contributed by atoms with Gasteiger partial charge < -0.3 is 14.6 Å². The number of hydrogen-bond acceptors (Lipinski definition) is 5. The predicted octanol–water partition coefficient (Wildman–Crippen LogP) is 2.87. The topological polar surface area (TPSA) is 90.3 Å². The van der Waals surface area contributed by atoms with Crippen molar-refractivity contribution in [2.75, 3.05) is 6.61 Å². The highest BCUT2D eigenvalue weighted by molar-refractivity contribution is 7.92. The van der Waals surface area contributed by atoms with Crippen molar-refractivity contribution in [3.05, 3.63) is 83.9 Å². The van der Waals surface area contributed by atoms with Crippen molar-refractivity contribution in [2.45, 2.75) is 36.9 Å². The molecule has 1 aliphatic rings. The third kappa shape index (κ3) is 4.80. The monoisotopic (exact) mass is 439 g/mol. The van der Waals surface area contributed by atoms with Crippen molar-refractivity contribution in [3.63, 3.8) is 0 Å². The summed E-state index contributed by atoms with van der Waals surface area (Å²) in [7, 11) is -3.75. The molecule has 0 fully saturated rings. The molecule has 1 N–H and O–H groups in total. The van der Waals surface area contributed by atoms with E-state index in [0.717, 1.165) is 16.9 Å². The van der Waals surface area contributed by atoms with Crippen LogP contribution in [-0.4, -0.2) is 35.7 Å². The molecule has 2 unspecified atom stereocenters. The highest BCUT2D eigenvalue weighted by Gasteiger charge is 2.32. The Morgan fingerprint density at radius 1 is 1.19 bits per heavy atom. The SMILES string of the molecule is CC(C(=O)NC1CCOc2ccccc21)S(=O)(=O)Cc1nccn1Cc1ccccc1. The zero-order chi connectivity index (χ0) is 21.8. The summed E-state index contributed by atoms with van der Waals surface area (Å²) in [5.74, 6) is 0.325. The quantitative estimate of drug-likeness (QED) is 0.611. The van der Waals surface area contributed by atoms with Gasteiger partial charge in [-0.1, -0.05) is 48.5 Å². The van der Waals surface area contributed by atoms with Crippen LogP contribution in [0.3, 0.4) is 0 Å². The lowest BCUT2D eigenvalue weighted by Gasteiger charge is -2.27. The summed E-state index contributed by atoms with van der Waals surface area (Å²) in [5, 5.41) is 1.70. The van der Waals surface area contributed by atoms with E-state index in [-0.39, 0.29) is 11.8 Å². The molecule has 0 bridgehead atoms. The molecule has 2 aromatic carbocycles. The van der Waals surface area contributed by atoms with Gasteiger partial charge in [-0.2, -0.15) is 0 Å². The zero-order valence-electron chi connectivity index (χ0n) is 17.3. The van der Waals surface area contributed by atoms with Crippen LogP contribution < -0.4 is 10.1 Å². The number of benzene rings is 2. The van der Waals surface area contributed by atoms with Gasteiger partial charge in [-0.15, -0.1) is 0 Å². The maximum absolute atomic E-state index is 13.0. The van der Waals surface area contributed by atoms with Crippen LogP contribution in [0, 0.1) is 0 Å². The molecule has 0 aliphatic carbocycles. The molecule has 1 aromatic heterocycles. The first-order valence-electron chi connectivity index (χ1n) is 10.2. The van der Waals surface area contributed by atoms with Crippen molar-refractivity contribution < 1.29 is 17.9 Å². The normalized spacial score (nSPS) is 16.7. The van der Waals surface area contributed by atoms with E-state index in [1.54, 1.807) is 17.0 Å². The van der Waals surface area contributed by atoms with E-state index >= 15 is 0 Å². The van der Waals surface area contributed by atoms with Gasteiger partial charge in [0, 0.05) is 30.9 Å². The second-order valence-electron chi connectivity index (χ2n) is 7.64. The Balaban J connectivity index is 1.45. The number of imidazole rings is 1. The Bertz CT molecular complexity index is 1160. The fourth-order valence-corrected chi connectivity index (χ4v) is 4.90. The fourth-order valence-electron chi connectivity index (χ4n) is 3.65. The number of hydrogen-bond donors (Lipinski definition) is 1. The van der Waals surface area contributed by atoms with Crippen LogP contribution in [-0.2, 0) is 26.9 Å². The Morgan fingerprint density at radius 3 is 2.74 bits per heavy atom. The first kappa shape index (κ1) is 21.1. The van der Waals surface area contributed by atoms with Crippen LogP contribution in [0.15, 0.2) is 67.0 Å². The highest BCUT2D eigenvalue weighted by Crippen LogP contribution is 2.31. The number of ether oxygens (including phenoxy) is 1. The molecule has 2 atom stereocenters. The van der Waals surface area contributed by atoms with Gasteiger partial charge in [0.15, 0.2) is 9.84 Å². The fraction of sp³-hybridized carbons (Fsp3) is 0.304. The van der Waals surface area contributed by atoms with Crippen LogP contribution in [0.1, 0.15) is 36.3 Å². The van der Waals surface area contributed by atoms with E-state index < -0.39 is 21.0 Å². The van der Waals surface area contributed by atoms with Gasteiger partial charge in [-0.3, -0.25) is 4.79 Å². The average Bonchev–Trinajstić information content (AvgIpc) is 3.20. The summed E-state index contributed by atoms with van der Waals surface area (Å²) in [5.41, 5.74) is 1.91. The van der Waals surface area contributed by atoms with E-state index in [2.05, 4.69) is 10.3 Å². The number of sulfone groups is 1. The molecule has 7 nitrogen and oxygen atoms in total. The molecule has 0 saturated carbocycles.